The van der Waals surface area contributed by atoms with Gasteiger partial charge < -0.3 is 15.4 Å². The van der Waals surface area contributed by atoms with Crippen molar-refractivity contribution in [2.24, 2.45) is 0 Å². The number of hydrogen-bond acceptors (Lipinski definition) is 4. The van der Waals surface area contributed by atoms with Crippen LogP contribution in [0.2, 0.25) is 0 Å². The zero-order valence-electron chi connectivity index (χ0n) is 10.6. The highest BCUT2D eigenvalue weighted by Gasteiger charge is 2.16. The number of nitrogens with zero attached hydrogens (tertiary/aromatic N) is 1. The van der Waals surface area contributed by atoms with Crippen LogP contribution in [0.1, 0.15) is 17.7 Å². The Kier molecular flexibility index (Phi) is 4.66. The van der Waals surface area contributed by atoms with Crippen LogP contribution in [0.3, 0.4) is 0 Å². The van der Waals surface area contributed by atoms with Crippen LogP contribution in [-0.4, -0.2) is 36.7 Å². The van der Waals surface area contributed by atoms with Gasteiger partial charge in [-0.1, -0.05) is 6.07 Å². The van der Waals surface area contributed by atoms with E-state index in [0.717, 1.165) is 24.3 Å². The third-order valence-corrected chi connectivity index (χ3v) is 2.88. The normalized spacial score (nSPS) is 19.5. The molecule has 18 heavy (non-hydrogen) atoms. The fourth-order valence-electron chi connectivity index (χ4n) is 1.83. The topological polar surface area (TPSA) is 63.2 Å². The molecule has 0 spiro atoms. The van der Waals surface area contributed by atoms with E-state index in [1.54, 1.807) is 6.20 Å². The summed E-state index contributed by atoms with van der Waals surface area (Å²) in [6.07, 6.45) is 2.19. The average Bonchev–Trinajstić information content (AvgIpc) is 2.39. The third-order valence-electron chi connectivity index (χ3n) is 2.88. The standard InChI is InChI=1S/C13H19N3O2/c1-10-2-3-11(7-15-10)8-16-13(17)6-12-9-14-4-5-18-12/h2-3,7,12,14H,4-6,8-9H2,1H3,(H,16,17). The minimum Gasteiger partial charge on any atom is -0.375 e. The zero-order valence-corrected chi connectivity index (χ0v) is 10.6. The molecule has 1 saturated heterocycles. The molecule has 1 unspecified atom stereocenters. The molecule has 0 bridgehead atoms. The summed E-state index contributed by atoms with van der Waals surface area (Å²) in [6, 6.07) is 3.91. The number of amides is 1. The molecule has 1 amide bonds. The molecule has 2 heterocycles. The smallest absolute Gasteiger partial charge is 0.222 e. The lowest BCUT2D eigenvalue weighted by Gasteiger charge is -2.23. The molecule has 5 nitrogen and oxygen atoms in total. The van der Waals surface area contributed by atoms with Crippen molar-refractivity contribution in [1.82, 2.24) is 15.6 Å². The maximum absolute atomic E-state index is 11.7. The highest BCUT2D eigenvalue weighted by Crippen LogP contribution is 2.02. The molecular weight excluding hydrogens is 230 g/mol. The second kappa shape index (κ2) is 6.47. The van der Waals surface area contributed by atoms with Crippen molar-refractivity contribution < 1.29 is 9.53 Å². The van der Waals surface area contributed by atoms with Crippen molar-refractivity contribution in [3.63, 3.8) is 0 Å². The second-order valence-corrected chi connectivity index (χ2v) is 4.49. The van der Waals surface area contributed by atoms with E-state index in [-0.39, 0.29) is 12.0 Å². The molecule has 0 radical (unpaired) electrons. The van der Waals surface area contributed by atoms with Gasteiger partial charge >= 0.3 is 0 Å². The monoisotopic (exact) mass is 249 g/mol. The third kappa shape index (κ3) is 4.09. The number of carbonyl (C=O) groups excluding carboxylic acids is 1. The Balaban J connectivity index is 1.72. The molecule has 98 valence electrons. The van der Waals surface area contributed by atoms with E-state index in [1.807, 2.05) is 19.1 Å². The van der Waals surface area contributed by atoms with E-state index in [4.69, 9.17) is 4.74 Å². The highest BCUT2D eigenvalue weighted by molar-refractivity contribution is 5.76. The molecule has 2 N–H and O–H groups in total. The molecule has 0 saturated carbocycles. The van der Waals surface area contributed by atoms with Gasteiger partial charge in [0.1, 0.15) is 0 Å². The zero-order chi connectivity index (χ0) is 12.8. The SMILES string of the molecule is Cc1ccc(CNC(=O)CC2CNCCO2)cn1. The summed E-state index contributed by atoms with van der Waals surface area (Å²) in [5.41, 5.74) is 1.99. The Morgan fingerprint density at radius 2 is 2.50 bits per heavy atom. The van der Waals surface area contributed by atoms with Crippen LogP contribution in [-0.2, 0) is 16.1 Å². The van der Waals surface area contributed by atoms with Gasteiger partial charge in [0.25, 0.3) is 0 Å². The number of aryl methyl sites for hydroxylation is 1. The van der Waals surface area contributed by atoms with Crippen LogP contribution in [0.15, 0.2) is 18.3 Å². The Morgan fingerprint density at radius 3 is 3.17 bits per heavy atom. The van der Waals surface area contributed by atoms with E-state index in [9.17, 15) is 4.79 Å². The van der Waals surface area contributed by atoms with E-state index in [1.165, 1.54) is 0 Å². The number of morpholine rings is 1. The van der Waals surface area contributed by atoms with E-state index >= 15 is 0 Å². The van der Waals surface area contributed by atoms with Gasteiger partial charge in [-0.2, -0.15) is 0 Å². The highest BCUT2D eigenvalue weighted by atomic mass is 16.5. The quantitative estimate of drug-likeness (QED) is 0.810. The lowest BCUT2D eigenvalue weighted by Crippen LogP contribution is -2.41. The molecule has 1 aromatic rings. The van der Waals surface area contributed by atoms with Gasteiger partial charge in [0.2, 0.25) is 5.91 Å². The largest absolute Gasteiger partial charge is 0.375 e. The number of pyridine rings is 1. The molecular formula is C13H19N3O2. The summed E-state index contributed by atoms with van der Waals surface area (Å²) >= 11 is 0. The Bertz CT molecular complexity index is 386. The van der Waals surface area contributed by atoms with Crippen molar-refractivity contribution in [3.05, 3.63) is 29.6 Å². The molecule has 1 atom stereocenters. The van der Waals surface area contributed by atoms with Gasteiger partial charge in [-0.15, -0.1) is 0 Å². The molecule has 0 aromatic carbocycles. The summed E-state index contributed by atoms with van der Waals surface area (Å²) in [5, 5.41) is 6.08. The van der Waals surface area contributed by atoms with Crippen molar-refractivity contribution >= 4 is 5.91 Å². The summed E-state index contributed by atoms with van der Waals surface area (Å²) in [6.45, 7) is 4.76. The maximum Gasteiger partial charge on any atom is 0.222 e. The predicted molar refractivity (Wildman–Crippen MR) is 68.0 cm³/mol. The van der Waals surface area contributed by atoms with Crippen LogP contribution in [0.25, 0.3) is 0 Å². The van der Waals surface area contributed by atoms with Gasteiger partial charge in [-0.05, 0) is 18.6 Å². The van der Waals surface area contributed by atoms with E-state index in [2.05, 4.69) is 15.6 Å². The number of hydrogen-bond donors (Lipinski definition) is 2. The van der Waals surface area contributed by atoms with Gasteiger partial charge in [0.05, 0.1) is 19.1 Å². The first-order valence-corrected chi connectivity index (χ1v) is 6.24. The van der Waals surface area contributed by atoms with Crippen LogP contribution >= 0.6 is 0 Å². The lowest BCUT2D eigenvalue weighted by atomic mass is 10.2. The predicted octanol–water partition coefficient (Wildman–Crippen LogP) is 0.385. The van der Waals surface area contributed by atoms with Crippen molar-refractivity contribution in [3.8, 4) is 0 Å². The molecule has 1 fully saturated rings. The summed E-state index contributed by atoms with van der Waals surface area (Å²) in [7, 11) is 0. The van der Waals surface area contributed by atoms with Crippen LogP contribution < -0.4 is 10.6 Å². The van der Waals surface area contributed by atoms with Gasteiger partial charge in [-0.25, -0.2) is 0 Å². The van der Waals surface area contributed by atoms with Crippen molar-refractivity contribution in [2.45, 2.75) is 26.0 Å². The van der Waals surface area contributed by atoms with E-state index < -0.39 is 0 Å². The number of aromatic nitrogens is 1. The molecule has 1 aliphatic rings. The fraction of sp³-hybridized carbons (Fsp3) is 0.538. The summed E-state index contributed by atoms with van der Waals surface area (Å²) in [5.74, 6) is 0.0178. The summed E-state index contributed by atoms with van der Waals surface area (Å²) < 4.78 is 5.48. The molecule has 0 aliphatic carbocycles. The van der Waals surface area contributed by atoms with Crippen LogP contribution in [0.4, 0.5) is 0 Å². The van der Waals surface area contributed by atoms with Gasteiger partial charge in [0, 0.05) is 31.5 Å². The lowest BCUT2D eigenvalue weighted by molar-refractivity contribution is -0.124. The number of ether oxygens (including phenoxy) is 1. The van der Waals surface area contributed by atoms with Crippen molar-refractivity contribution in [2.75, 3.05) is 19.7 Å². The van der Waals surface area contributed by atoms with Crippen molar-refractivity contribution in [1.29, 1.82) is 0 Å². The fourth-order valence-corrected chi connectivity index (χ4v) is 1.83. The number of nitrogens with one attached hydrogen (secondary N) is 2. The number of carbonyl (C=O) groups is 1. The Labute approximate surface area is 107 Å². The Hall–Kier alpha value is -1.46. The van der Waals surface area contributed by atoms with Gasteiger partial charge in [-0.3, -0.25) is 9.78 Å². The second-order valence-electron chi connectivity index (χ2n) is 4.49. The minimum atomic E-state index is -0.00473. The number of rotatable bonds is 4. The molecule has 5 heteroatoms. The first kappa shape index (κ1) is 13.0. The molecule has 1 aliphatic heterocycles. The van der Waals surface area contributed by atoms with Gasteiger partial charge in [0.15, 0.2) is 0 Å². The Morgan fingerprint density at radius 1 is 1.61 bits per heavy atom. The molecule has 2 rings (SSSR count). The molecule has 1 aromatic heterocycles. The van der Waals surface area contributed by atoms with Crippen LogP contribution in [0.5, 0.6) is 0 Å². The van der Waals surface area contributed by atoms with E-state index in [0.29, 0.717) is 19.6 Å². The summed E-state index contributed by atoms with van der Waals surface area (Å²) in [4.78, 5) is 15.9. The maximum atomic E-state index is 11.7. The van der Waals surface area contributed by atoms with Crippen LogP contribution in [0, 0.1) is 6.92 Å². The first-order valence-electron chi connectivity index (χ1n) is 6.24. The first-order chi connectivity index (χ1) is 8.74. The minimum absolute atomic E-state index is 0.00473. The average molecular weight is 249 g/mol.